The second kappa shape index (κ2) is 9.86. The van der Waals surface area contributed by atoms with Gasteiger partial charge in [0.1, 0.15) is 0 Å². The van der Waals surface area contributed by atoms with Crippen LogP contribution in [0.2, 0.25) is 0 Å². The lowest BCUT2D eigenvalue weighted by atomic mass is 10.1. The molecule has 2 aromatic carbocycles. The van der Waals surface area contributed by atoms with E-state index in [1.807, 2.05) is 23.5 Å². The smallest absolute Gasteiger partial charge is 0.238 e. The van der Waals surface area contributed by atoms with Gasteiger partial charge in [-0.1, -0.05) is 30.3 Å². The second-order valence-corrected chi connectivity index (χ2v) is 9.67. The highest BCUT2D eigenvalue weighted by Crippen LogP contribution is 2.24. The zero-order valence-corrected chi connectivity index (χ0v) is 19.2. The maximum Gasteiger partial charge on any atom is 0.238 e. The average Bonchev–Trinajstić information content (AvgIpc) is 3.29. The molecule has 0 atom stereocenters. The number of nitrogens with one attached hydrogen (secondary N) is 1. The lowest BCUT2D eigenvalue weighted by Crippen LogP contribution is -2.45. The molecule has 0 radical (unpaired) electrons. The van der Waals surface area contributed by atoms with E-state index < -0.39 is 0 Å². The fourth-order valence-electron chi connectivity index (χ4n) is 4.61. The van der Waals surface area contributed by atoms with Gasteiger partial charge in [-0.2, -0.15) is 0 Å². The Morgan fingerprint density at radius 3 is 2.44 bits per heavy atom. The van der Waals surface area contributed by atoms with Gasteiger partial charge in [0, 0.05) is 62.1 Å². The van der Waals surface area contributed by atoms with Crippen LogP contribution in [0, 0.1) is 0 Å². The first-order valence-corrected chi connectivity index (χ1v) is 12.3. The molecule has 0 aliphatic carbocycles. The van der Waals surface area contributed by atoms with Gasteiger partial charge in [-0.3, -0.25) is 14.6 Å². The van der Waals surface area contributed by atoms with Gasteiger partial charge < -0.3 is 10.2 Å². The molecule has 1 amide bonds. The maximum atomic E-state index is 12.5. The second-order valence-electron chi connectivity index (χ2n) is 8.67. The zero-order valence-electron chi connectivity index (χ0n) is 18.4. The normalized spacial score (nSPS) is 17.2. The molecule has 0 unspecified atom stereocenters. The van der Waals surface area contributed by atoms with Gasteiger partial charge in [0.05, 0.1) is 6.54 Å². The number of benzene rings is 2. The number of fused-ring (bicyclic) bond motifs is 1. The predicted octanol–water partition coefficient (Wildman–Crippen LogP) is 4.07. The molecule has 166 valence electrons. The molecule has 2 aliphatic heterocycles. The summed E-state index contributed by atoms with van der Waals surface area (Å²) < 4.78 is 0. The fraction of sp³-hybridized carbons (Fsp3) is 0.346. The van der Waals surface area contributed by atoms with E-state index in [-0.39, 0.29) is 5.91 Å². The summed E-state index contributed by atoms with van der Waals surface area (Å²) in [5.74, 6) is 0.0611. The maximum absolute atomic E-state index is 12.5. The largest absolute Gasteiger partial charge is 0.369 e. The minimum absolute atomic E-state index is 0.0611. The van der Waals surface area contributed by atoms with Crippen molar-refractivity contribution in [2.45, 2.75) is 19.5 Å². The number of thiophene rings is 1. The Morgan fingerprint density at radius 2 is 1.66 bits per heavy atom. The number of hydrogen-bond acceptors (Lipinski definition) is 5. The van der Waals surface area contributed by atoms with Gasteiger partial charge in [-0.15, -0.1) is 11.3 Å². The molecule has 0 bridgehead atoms. The van der Waals surface area contributed by atoms with E-state index in [2.05, 4.69) is 73.9 Å². The summed E-state index contributed by atoms with van der Waals surface area (Å²) in [4.78, 5) is 21.2. The van der Waals surface area contributed by atoms with Crippen LogP contribution in [-0.2, 0) is 24.3 Å². The van der Waals surface area contributed by atoms with Crippen molar-refractivity contribution in [2.75, 3.05) is 49.5 Å². The Labute approximate surface area is 194 Å². The standard InChI is InChI=1S/C26H30N4OS/c31-26(20-29-12-10-25-22(19-29)11-17-32-25)27-23-6-8-24(9-7-23)30-15-13-28(14-16-30)18-21-4-2-1-3-5-21/h1-9,11,17H,10,12-16,18-20H2,(H,27,31). The van der Waals surface area contributed by atoms with Crippen LogP contribution < -0.4 is 10.2 Å². The molecule has 0 spiro atoms. The van der Waals surface area contributed by atoms with Crippen molar-refractivity contribution in [3.63, 3.8) is 0 Å². The number of hydrogen-bond donors (Lipinski definition) is 1. The van der Waals surface area contributed by atoms with E-state index >= 15 is 0 Å². The summed E-state index contributed by atoms with van der Waals surface area (Å²) in [7, 11) is 0. The molecule has 3 aromatic rings. The van der Waals surface area contributed by atoms with Gasteiger partial charge >= 0.3 is 0 Å². The quantitative estimate of drug-likeness (QED) is 0.620. The fourth-order valence-corrected chi connectivity index (χ4v) is 5.50. The predicted molar refractivity (Wildman–Crippen MR) is 132 cm³/mol. The molecule has 32 heavy (non-hydrogen) atoms. The molecule has 2 aliphatic rings. The van der Waals surface area contributed by atoms with Crippen LogP contribution in [0.5, 0.6) is 0 Å². The summed E-state index contributed by atoms with van der Waals surface area (Å²) in [6.07, 6.45) is 1.05. The highest BCUT2D eigenvalue weighted by Gasteiger charge is 2.20. The summed E-state index contributed by atoms with van der Waals surface area (Å²) in [6.45, 7) is 7.47. The van der Waals surface area contributed by atoms with Crippen LogP contribution in [-0.4, -0.2) is 55.0 Å². The highest BCUT2D eigenvalue weighted by atomic mass is 32.1. The van der Waals surface area contributed by atoms with E-state index in [1.54, 1.807) is 0 Å². The number of anilines is 2. The minimum Gasteiger partial charge on any atom is -0.369 e. The molecular weight excluding hydrogens is 416 g/mol. The van der Waals surface area contributed by atoms with Gasteiger partial charge in [0.2, 0.25) is 5.91 Å². The van der Waals surface area contributed by atoms with Gasteiger partial charge in [-0.05, 0) is 53.3 Å². The number of piperazine rings is 1. The van der Waals surface area contributed by atoms with Crippen LogP contribution in [0.15, 0.2) is 66.0 Å². The van der Waals surface area contributed by atoms with Crippen molar-refractivity contribution in [3.05, 3.63) is 82.0 Å². The molecule has 5 nitrogen and oxygen atoms in total. The van der Waals surface area contributed by atoms with E-state index in [1.165, 1.54) is 21.7 Å². The summed E-state index contributed by atoms with van der Waals surface area (Å²) in [5.41, 5.74) is 4.85. The van der Waals surface area contributed by atoms with Gasteiger partial charge in [0.25, 0.3) is 0 Å². The SMILES string of the molecule is O=C(CN1CCc2sccc2C1)Nc1ccc(N2CCN(Cc3ccccc3)CC2)cc1. The Kier molecular flexibility index (Phi) is 6.53. The highest BCUT2D eigenvalue weighted by molar-refractivity contribution is 7.10. The Balaban J connectivity index is 1.09. The van der Waals surface area contributed by atoms with E-state index in [9.17, 15) is 4.79 Å². The molecule has 6 heteroatoms. The molecule has 0 saturated carbocycles. The number of carbonyl (C=O) groups excluding carboxylic acids is 1. The third-order valence-electron chi connectivity index (χ3n) is 6.39. The molecule has 1 N–H and O–H groups in total. The lowest BCUT2D eigenvalue weighted by Gasteiger charge is -2.36. The molecule has 3 heterocycles. The third-order valence-corrected chi connectivity index (χ3v) is 7.41. The molecule has 1 fully saturated rings. The molecule has 1 aromatic heterocycles. The monoisotopic (exact) mass is 446 g/mol. The van der Waals surface area contributed by atoms with E-state index in [0.29, 0.717) is 6.54 Å². The molecular formula is C26H30N4OS. The van der Waals surface area contributed by atoms with E-state index in [0.717, 1.165) is 57.9 Å². The van der Waals surface area contributed by atoms with Crippen molar-refractivity contribution >= 4 is 28.6 Å². The first kappa shape index (κ1) is 21.2. The molecule has 1 saturated heterocycles. The summed E-state index contributed by atoms with van der Waals surface area (Å²) >= 11 is 1.83. The van der Waals surface area contributed by atoms with Gasteiger partial charge in [0.15, 0.2) is 0 Å². The number of rotatable bonds is 6. The first-order valence-electron chi connectivity index (χ1n) is 11.4. The third kappa shape index (κ3) is 5.21. The van der Waals surface area contributed by atoms with Crippen LogP contribution >= 0.6 is 11.3 Å². The Morgan fingerprint density at radius 1 is 0.875 bits per heavy atom. The van der Waals surface area contributed by atoms with E-state index in [4.69, 9.17) is 0 Å². The van der Waals surface area contributed by atoms with Crippen LogP contribution in [0.25, 0.3) is 0 Å². The Bertz CT molecular complexity index is 1030. The first-order chi connectivity index (χ1) is 15.7. The van der Waals surface area contributed by atoms with Crippen molar-refractivity contribution in [2.24, 2.45) is 0 Å². The minimum atomic E-state index is 0.0611. The van der Waals surface area contributed by atoms with Crippen LogP contribution in [0.4, 0.5) is 11.4 Å². The van der Waals surface area contributed by atoms with Crippen LogP contribution in [0.1, 0.15) is 16.0 Å². The van der Waals surface area contributed by atoms with Crippen molar-refractivity contribution in [1.82, 2.24) is 9.80 Å². The van der Waals surface area contributed by atoms with Crippen molar-refractivity contribution in [3.8, 4) is 0 Å². The zero-order chi connectivity index (χ0) is 21.8. The Hall–Kier alpha value is -2.67. The van der Waals surface area contributed by atoms with Crippen molar-refractivity contribution < 1.29 is 4.79 Å². The van der Waals surface area contributed by atoms with Gasteiger partial charge in [-0.25, -0.2) is 0 Å². The summed E-state index contributed by atoms with van der Waals surface area (Å²) in [6, 6.07) is 21.2. The average molecular weight is 447 g/mol. The van der Waals surface area contributed by atoms with Crippen LogP contribution in [0.3, 0.4) is 0 Å². The number of amides is 1. The van der Waals surface area contributed by atoms with Crippen molar-refractivity contribution in [1.29, 1.82) is 0 Å². The molecule has 5 rings (SSSR count). The number of nitrogens with zero attached hydrogens (tertiary/aromatic N) is 3. The lowest BCUT2D eigenvalue weighted by molar-refractivity contribution is -0.117. The topological polar surface area (TPSA) is 38.8 Å². The number of carbonyl (C=O) groups is 1. The summed E-state index contributed by atoms with van der Waals surface area (Å²) in [5, 5.41) is 5.22.